The van der Waals surface area contributed by atoms with Gasteiger partial charge in [0.25, 0.3) is 0 Å². The molecular formula is C57H45N5. The van der Waals surface area contributed by atoms with Gasteiger partial charge in [0.1, 0.15) is 0 Å². The van der Waals surface area contributed by atoms with Crippen LogP contribution in [0.25, 0.3) is 21.5 Å². The van der Waals surface area contributed by atoms with E-state index in [1.54, 1.807) is 0 Å². The largest absolute Gasteiger partial charge is 0.356 e. The van der Waals surface area contributed by atoms with E-state index in [0.717, 1.165) is 68.2 Å². The SMILES string of the molecule is CN(c1ccc(Nc2ccc(N(c3ccccc3)c3cccc4ccccc34)cc2)cc1)c1ccc(Nc2ccc(N(c3ccccc3)c3cccc4ccccc34)cc2)cc1. The molecule has 0 aliphatic rings. The topological polar surface area (TPSA) is 33.8 Å². The van der Waals surface area contributed by atoms with Crippen LogP contribution in [0.5, 0.6) is 0 Å². The lowest BCUT2D eigenvalue weighted by Crippen LogP contribution is -2.10. The van der Waals surface area contributed by atoms with E-state index in [1.165, 1.54) is 21.5 Å². The number of nitrogens with one attached hydrogen (secondary N) is 2. The molecule has 0 atom stereocenters. The summed E-state index contributed by atoms with van der Waals surface area (Å²) in [4.78, 5) is 6.85. The highest BCUT2D eigenvalue weighted by Gasteiger charge is 2.17. The molecule has 0 fully saturated rings. The van der Waals surface area contributed by atoms with Crippen LogP contribution in [0, 0.1) is 0 Å². The molecule has 0 aliphatic heterocycles. The van der Waals surface area contributed by atoms with Crippen molar-refractivity contribution in [3.05, 3.63) is 243 Å². The fraction of sp³-hybridized carbons (Fsp3) is 0.0175. The van der Waals surface area contributed by atoms with Crippen molar-refractivity contribution in [2.75, 3.05) is 32.4 Å². The minimum absolute atomic E-state index is 1.02. The van der Waals surface area contributed by atoms with Crippen molar-refractivity contribution in [3.63, 3.8) is 0 Å². The molecule has 0 amide bonds. The average Bonchev–Trinajstić information content (AvgIpc) is 3.34. The molecule has 0 spiro atoms. The normalized spacial score (nSPS) is 11.0. The summed E-state index contributed by atoms with van der Waals surface area (Å²) in [6.07, 6.45) is 0. The van der Waals surface area contributed by atoms with Gasteiger partial charge < -0.3 is 25.3 Å². The van der Waals surface area contributed by atoms with Crippen LogP contribution in [-0.4, -0.2) is 7.05 Å². The Balaban J connectivity index is 0.805. The molecule has 5 nitrogen and oxygen atoms in total. The van der Waals surface area contributed by atoms with Crippen LogP contribution in [-0.2, 0) is 0 Å². The lowest BCUT2D eigenvalue weighted by atomic mass is 10.1. The Morgan fingerprint density at radius 3 is 0.919 bits per heavy atom. The van der Waals surface area contributed by atoms with Gasteiger partial charge in [-0.05, 0) is 144 Å². The molecule has 0 saturated carbocycles. The highest BCUT2D eigenvalue weighted by Crippen LogP contribution is 2.41. The Bertz CT molecular complexity index is 2840. The molecule has 0 saturated heterocycles. The van der Waals surface area contributed by atoms with Crippen molar-refractivity contribution in [1.82, 2.24) is 0 Å². The maximum Gasteiger partial charge on any atom is 0.0540 e. The second-order valence-corrected chi connectivity index (χ2v) is 15.3. The predicted molar refractivity (Wildman–Crippen MR) is 265 cm³/mol. The van der Waals surface area contributed by atoms with E-state index >= 15 is 0 Å². The maximum atomic E-state index is 3.60. The first-order chi connectivity index (χ1) is 30.6. The Morgan fingerprint density at radius 2 is 0.548 bits per heavy atom. The minimum Gasteiger partial charge on any atom is -0.356 e. The quantitative estimate of drug-likeness (QED) is 0.129. The summed E-state index contributed by atoms with van der Waals surface area (Å²) in [5.74, 6) is 0. The van der Waals surface area contributed by atoms with Crippen molar-refractivity contribution in [1.29, 1.82) is 0 Å². The molecule has 0 aromatic heterocycles. The molecule has 0 heterocycles. The summed E-state index contributed by atoms with van der Waals surface area (Å²) in [5.41, 5.74) is 13.0. The summed E-state index contributed by atoms with van der Waals surface area (Å²) >= 11 is 0. The third kappa shape index (κ3) is 7.91. The molecule has 298 valence electrons. The van der Waals surface area contributed by atoms with E-state index in [9.17, 15) is 0 Å². The van der Waals surface area contributed by atoms with Crippen LogP contribution in [0.3, 0.4) is 0 Å². The Kier molecular flexibility index (Phi) is 10.5. The van der Waals surface area contributed by atoms with Crippen LogP contribution < -0.4 is 25.3 Å². The molecule has 2 N–H and O–H groups in total. The number of hydrogen-bond donors (Lipinski definition) is 2. The zero-order chi connectivity index (χ0) is 41.7. The van der Waals surface area contributed by atoms with E-state index in [0.29, 0.717) is 0 Å². The molecule has 62 heavy (non-hydrogen) atoms. The molecule has 0 unspecified atom stereocenters. The van der Waals surface area contributed by atoms with Crippen molar-refractivity contribution in [3.8, 4) is 0 Å². The number of rotatable bonds is 12. The highest BCUT2D eigenvalue weighted by molar-refractivity contribution is 6.00. The van der Waals surface area contributed by atoms with E-state index in [-0.39, 0.29) is 0 Å². The zero-order valence-corrected chi connectivity index (χ0v) is 34.4. The van der Waals surface area contributed by atoms with Gasteiger partial charge in [-0.25, -0.2) is 0 Å². The van der Waals surface area contributed by atoms with Gasteiger partial charge >= 0.3 is 0 Å². The van der Waals surface area contributed by atoms with Gasteiger partial charge in [0.2, 0.25) is 0 Å². The van der Waals surface area contributed by atoms with Crippen LogP contribution in [0.2, 0.25) is 0 Å². The second-order valence-electron chi connectivity index (χ2n) is 15.3. The number of hydrogen-bond acceptors (Lipinski definition) is 5. The summed E-state index contributed by atoms with van der Waals surface area (Å²) in [5, 5.41) is 12.1. The van der Waals surface area contributed by atoms with E-state index in [2.05, 4.69) is 275 Å². The minimum atomic E-state index is 1.02. The average molecular weight is 800 g/mol. The number of nitrogens with zero attached hydrogens (tertiary/aromatic N) is 3. The van der Waals surface area contributed by atoms with Gasteiger partial charge in [0.05, 0.1) is 11.4 Å². The molecule has 0 bridgehead atoms. The standard InChI is InChI=1S/C57H45N5/c1-60(48-34-26-44(27-35-48)58-46-30-38-52(39-31-46)61(50-18-4-2-5-19-50)56-24-12-16-42-14-8-10-22-54(42)56)49-36-28-45(29-37-49)59-47-32-40-53(41-33-47)62(51-20-6-3-7-21-51)57-25-13-17-43-15-9-11-23-55(43)57/h2-41,58-59H,1H3. The van der Waals surface area contributed by atoms with Gasteiger partial charge in [-0.1, -0.05) is 109 Å². The van der Waals surface area contributed by atoms with Gasteiger partial charge in [0, 0.05) is 74.7 Å². The van der Waals surface area contributed by atoms with E-state index in [1.807, 2.05) is 0 Å². The van der Waals surface area contributed by atoms with Crippen molar-refractivity contribution in [2.45, 2.75) is 0 Å². The first kappa shape index (κ1) is 38.0. The third-order valence-corrected chi connectivity index (χ3v) is 11.4. The monoisotopic (exact) mass is 799 g/mol. The first-order valence-electron chi connectivity index (χ1n) is 21.0. The fourth-order valence-electron chi connectivity index (χ4n) is 8.22. The third-order valence-electron chi connectivity index (χ3n) is 11.4. The Hall–Kier alpha value is -8.28. The highest BCUT2D eigenvalue weighted by atomic mass is 15.2. The zero-order valence-electron chi connectivity index (χ0n) is 34.4. The number of fused-ring (bicyclic) bond motifs is 2. The van der Waals surface area contributed by atoms with E-state index < -0.39 is 0 Å². The fourth-order valence-corrected chi connectivity index (χ4v) is 8.22. The molecule has 0 radical (unpaired) electrons. The van der Waals surface area contributed by atoms with Crippen molar-refractivity contribution < 1.29 is 0 Å². The van der Waals surface area contributed by atoms with Crippen LogP contribution in [0.15, 0.2) is 243 Å². The molecule has 10 aromatic carbocycles. The first-order valence-corrected chi connectivity index (χ1v) is 21.0. The molecule has 5 heteroatoms. The van der Waals surface area contributed by atoms with Gasteiger partial charge in [-0.15, -0.1) is 0 Å². The molecule has 10 rings (SSSR count). The predicted octanol–water partition coefficient (Wildman–Crippen LogP) is 16.2. The van der Waals surface area contributed by atoms with Gasteiger partial charge in [-0.2, -0.15) is 0 Å². The van der Waals surface area contributed by atoms with Crippen LogP contribution in [0.1, 0.15) is 0 Å². The summed E-state index contributed by atoms with van der Waals surface area (Å²) in [6.45, 7) is 0. The molecule has 0 aliphatic carbocycles. The van der Waals surface area contributed by atoms with Gasteiger partial charge in [0.15, 0.2) is 0 Å². The lowest BCUT2D eigenvalue weighted by molar-refractivity contribution is 1.21. The Labute approximate surface area is 363 Å². The van der Waals surface area contributed by atoms with Crippen LogP contribution in [0.4, 0.5) is 68.2 Å². The maximum absolute atomic E-state index is 3.60. The van der Waals surface area contributed by atoms with Crippen molar-refractivity contribution >= 4 is 89.8 Å². The molecular weight excluding hydrogens is 755 g/mol. The second kappa shape index (κ2) is 17.1. The van der Waals surface area contributed by atoms with Crippen molar-refractivity contribution in [2.24, 2.45) is 0 Å². The Morgan fingerprint density at radius 1 is 0.258 bits per heavy atom. The van der Waals surface area contributed by atoms with Crippen LogP contribution >= 0.6 is 0 Å². The lowest BCUT2D eigenvalue weighted by Gasteiger charge is -2.27. The smallest absolute Gasteiger partial charge is 0.0540 e. The number of para-hydroxylation sites is 2. The number of benzene rings is 10. The van der Waals surface area contributed by atoms with Gasteiger partial charge in [-0.3, -0.25) is 0 Å². The summed E-state index contributed by atoms with van der Waals surface area (Å²) in [7, 11) is 2.10. The summed E-state index contributed by atoms with van der Waals surface area (Å²) in [6, 6.07) is 85.6. The summed E-state index contributed by atoms with van der Waals surface area (Å²) < 4.78 is 0. The number of anilines is 12. The van der Waals surface area contributed by atoms with E-state index in [4.69, 9.17) is 0 Å². The molecule has 10 aromatic rings.